The number of allylic oxidation sites excluding steroid dienone is 1. The van der Waals surface area contributed by atoms with Gasteiger partial charge >= 0.3 is 0 Å². The Labute approximate surface area is 265 Å². The van der Waals surface area contributed by atoms with Crippen molar-refractivity contribution in [2.75, 3.05) is 12.4 Å². The Morgan fingerprint density at radius 2 is 1.62 bits per heavy atom. The molecule has 8 heteroatoms. The van der Waals surface area contributed by atoms with Crippen LogP contribution in [0.2, 0.25) is 0 Å². The lowest BCUT2D eigenvalue weighted by molar-refractivity contribution is -0.113. The molecule has 0 radical (unpaired) electrons. The van der Waals surface area contributed by atoms with Crippen molar-refractivity contribution >= 4 is 29.0 Å². The Morgan fingerprint density at radius 1 is 0.911 bits per heavy atom. The van der Waals surface area contributed by atoms with Crippen LogP contribution in [0.4, 0.5) is 5.69 Å². The molecule has 0 aliphatic carbocycles. The van der Waals surface area contributed by atoms with Gasteiger partial charge in [0.05, 0.1) is 29.0 Å². The van der Waals surface area contributed by atoms with Crippen LogP contribution in [0.3, 0.4) is 0 Å². The highest BCUT2D eigenvalue weighted by Gasteiger charge is 2.32. The predicted molar refractivity (Wildman–Crippen MR) is 179 cm³/mol. The average Bonchev–Trinajstić information content (AvgIpc) is 3.35. The minimum atomic E-state index is -0.637. The fraction of sp³-hybridized carbons (Fsp3) is 0.162. The second kappa shape index (κ2) is 12.8. The number of carbonyl (C=O) groups is 1. The SMILES string of the molecule is COc1ccc(/C=c2/sc3n(c2=O)C(c2ccccc2)C(C(=O)Nc2ccccc2C)=C(C)N=3)cc1COc1ccccc1C. The normalized spacial score (nSPS) is 14.5. The molecule has 2 heterocycles. The minimum absolute atomic E-state index is 0.213. The number of methoxy groups -OCH3 is 1. The van der Waals surface area contributed by atoms with Gasteiger partial charge in [0.15, 0.2) is 4.80 Å². The first-order valence-electron chi connectivity index (χ1n) is 14.6. The number of hydrogen-bond acceptors (Lipinski definition) is 6. The zero-order valence-electron chi connectivity index (χ0n) is 25.5. The number of hydrogen-bond donors (Lipinski definition) is 1. The van der Waals surface area contributed by atoms with Crippen molar-refractivity contribution in [1.82, 2.24) is 4.57 Å². The van der Waals surface area contributed by atoms with Gasteiger partial charge in [0.1, 0.15) is 18.1 Å². The molecule has 0 saturated heterocycles. The first kappa shape index (κ1) is 29.8. The average molecular weight is 616 g/mol. The summed E-state index contributed by atoms with van der Waals surface area (Å²) in [4.78, 5) is 33.3. The zero-order valence-corrected chi connectivity index (χ0v) is 26.4. The van der Waals surface area contributed by atoms with Crippen LogP contribution >= 0.6 is 11.3 Å². The van der Waals surface area contributed by atoms with Gasteiger partial charge in [0.2, 0.25) is 0 Å². The number of amides is 1. The largest absolute Gasteiger partial charge is 0.496 e. The van der Waals surface area contributed by atoms with Crippen molar-refractivity contribution in [3.05, 3.63) is 156 Å². The van der Waals surface area contributed by atoms with E-state index < -0.39 is 6.04 Å². The minimum Gasteiger partial charge on any atom is -0.496 e. The van der Waals surface area contributed by atoms with Gasteiger partial charge in [0.25, 0.3) is 11.5 Å². The van der Waals surface area contributed by atoms with Crippen LogP contribution in [0.15, 0.2) is 118 Å². The molecule has 1 atom stereocenters. The molecule has 0 saturated carbocycles. The number of para-hydroxylation sites is 2. The third-order valence-corrected chi connectivity index (χ3v) is 8.84. The lowest BCUT2D eigenvalue weighted by atomic mass is 9.95. The monoisotopic (exact) mass is 615 g/mol. The summed E-state index contributed by atoms with van der Waals surface area (Å²) in [6, 6.07) is 30.2. The van der Waals surface area contributed by atoms with Gasteiger partial charge in [0, 0.05) is 11.3 Å². The standard InChI is InChI=1S/C37H33N3O4S/c1-23-12-8-10-16-29(23)39-35(41)33-25(3)38-37-40(34(33)27-14-6-5-7-15-27)36(42)32(45-37)21-26-18-19-31(43-4)28(20-26)22-44-30-17-11-9-13-24(30)2/h5-21,34H,22H2,1-4H3,(H,39,41)/b32-21+. The maximum Gasteiger partial charge on any atom is 0.271 e. The van der Waals surface area contributed by atoms with Crippen molar-refractivity contribution in [1.29, 1.82) is 0 Å². The molecule has 45 heavy (non-hydrogen) atoms. The van der Waals surface area contributed by atoms with Gasteiger partial charge in [-0.3, -0.25) is 14.2 Å². The first-order chi connectivity index (χ1) is 21.8. The van der Waals surface area contributed by atoms with Gasteiger partial charge in [-0.05, 0) is 73.4 Å². The molecule has 1 aliphatic rings. The Morgan fingerprint density at radius 3 is 2.36 bits per heavy atom. The van der Waals surface area contributed by atoms with E-state index in [1.54, 1.807) is 11.7 Å². The predicted octanol–water partition coefficient (Wildman–Crippen LogP) is 6.08. The molecule has 226 valence electrons. The summed E-state index contributed by atoms with van der Waals surface area (Å²) in [6.07, 6.45) is 1.86. The van der Waals surface area contributed by atoms with Crippen LogP contribution in [0.25, 0.3) is 6.08 Å². The summed E-state index contributed by atoms with van der Waals surface area (Å²) in [7, 11) is 1.63. The maximum atomic E-state index is 14.1. The Hall–Kier alpha value is -5.21. The molecule has 0 spiro atoms. The number of aromatic nitrogens is 1. The molecule has 0 fully saturated rings. The number of ether oxygens (including phenoxy) is 2. The molecule has 0 bridgehead atoms. The van der Waals surface area contributed by atoms with Crippen LogP contribution in [0, 0.1) is 13.8 Å². The number of rotatable bonds is 8. The smallest absolute Gasteiger partial charge is 0.271 e. The van der Waals surface area contributed by atoms with E-state index in [0.717, 1.165) is 33.6 Å². The third kappa shape index (κ3) is 6.10. The van der Waals surface area contributed by atoms with Crippen molar-refractivity contribution in [3.8, 4) is 11.5 Å². The molecule has 7 nitrogen and oxygen atoms in total. The van der Waals surface area contributed by atoms with Gasteiger partial charge < -0.3 is 14.8 Å². The highest BCUT2D eigenvalue weighted by atomic mass is 32.1. The Bertz CT molecular complexity index is 2110. The number of carbonyl (C=O) groups excluding carboxylic acids is 1. The van der Waals surface area contributed by atoms with E-state index in [1.165, 1.54) is 11.3 Å². The van der Waals surface area contributed by atoms with Gasteiger partial charge in [-0.15, -0.1) is 0 Å². The van der Waals surface area contributed by atoms with Crippen molar-refractivity contribution < 1.29 is 14.3 Å². The number of nitrogens with zero attached hydrogens (tertiary/aromatic N) is 2. The maximum absolute atomic E-state index is 14.1. The van der Waals surface area contributed by atoms with Crippen molar-refractivity contribution in [3.63, 3.8) is 0 Å². The topological polar surface area (TPSA) is 81.9 Å². The van der Waals surface area contributed by atoms with E-state index >= 15 is 0 Å². The fourth-order valence-electron chi connectivity index (χ4n) is 5.49. The number of fused-ring (bicyclic) bond motifs is 1. The Kier molecular flexibility index (Phi) is 8.49. The number of nitrogens with one attached hydrogen (secondary N) is 1. The van der Waals surface area contributed by atoms with Gasteiger partial charge in [-0.1, -0.05) is 84.1 Å². The molecule has 5 aromatic rings. The number of thiazole rings is 1. The zero-order chi connectivity index (χ0) is 31.5. The molecule has 1 N–H and O–H groups in total. The molecule has 1 amide bonds. The number of aryl methyl sites for hydroxylation is 2. The first-order valence-corrected chi connectivity index (χ1v) is 15.5. The summed E-state index contributed by atoms with van der Waals surface area (Å²) in [6.45, 7) is 6.08. The lowest BCUT2D eigenvalue weighted by Crippen LogP contribution is -2.40. The van der Waals surface area contributed by atoms with Crippen LogP contribution in [0.5, 0.6) is 11.5 Å². The second-order valence-corrected chi connectivity index (χ2v) is 11.9. The quantitative estimate of drug-likeness (QED) is 0.230. The Balaban J connectivity index is 1.40. The number of benzene rings is 4. The highest BCUT2D eigenvalue weighted by Crippen LogP contribution is 2.31. The summed E-state index contributed by atoms with van der Waals surface area (Å²) in [5.41, 5.74) is 6.01. The van der Waals surface area contributed by atoms with Crippen LogP contribution in [-0.4, -0.2) is 17.6 Å². The highest BCUT2D eigenvalue weighted by molar-refractivity contribution is 7.07. The van der Waals surface area contributed by atoms with E-state index in [9.17, 15) is 9.59 Å². The fourth-order valence-corrected chi connectivity index (χ4v) is 6.54. The van der Waals surface area contributed by atoms with E-state index in [2.05, 4.69) is 5.32 Å². The van der Waals surface area contributed by atoms with E-state index in [0.29, 0.717) is 38.6 Å². The van der Waals surface area contributed by atoms with Gasteiger partial charge in [-0.25, -0.2) is 4.99 Å². The summed E-state index contributed by atoms with van der Waals surface area (Å²) in [5, 5.41) is 3.05. The van der Waals surface area contributed by atoms with E-state index in [-0.39, 0.29) is 11.5 Å². The summed E-state index contributed by atoms with van der Waals surface area (Å²) >= 11 is 1.31. The number of anilines is 1. The van der Waals surface area contributed by atoms with Crippen LogP contribution in [0.1, 0.15) is 40.8 Å². The molecular weight excluding hydrogens is 582 g/mol. The second-order valence-electron chi connectivity index (χ2n) is 10.9. The van der Waals surface area contributed by atoms with E-state index in [4.69, 9.17) is 14.5 Å². The van der Waals surface area contributed by atoms with E-state index in [1.807, 2.05) is 124 Å². The van der Waals surface area contributed by atoms with Crippen molar-refractivity contribution in [2.24, 2.45) is 4.99 Å². The van der Waals surface area contributed by atoms with Crippen LogP contribution in [-0.2, 0) is 11.4 Å². The lowest BCUT2D eigenvalue weighted by Gasteiger charge is -2.25. The molecule has 1 aromatic heterocycles. The molecule has 1 aliphatic heterocycles. The van der Waals surface area contributed by atoms with Gasteiger partial charge in [-0.2, -0.15) is 0 Å². The summed E-state index contributed by atoms with van der Waals surface area (Å²) < 4.78 is 13.9. The van der Waals surface area contributed by atoms with Crippen LogP contribution < -0.4 is 29.7 Å². The van der Waals surface area contributed by atoms with Crippen molar-refractivity contribution in [2.45, 2.75) is 33.4 Å². The molecular formula is C37H33N3O4S. The molecule has 1 unspecified atom stereocenters. The molecule has 4 aromatic carbocycles. The molecule has 6 rings (SSSR count). The summed E-state index contributed by atoms with van der Waals surface area (Å²) in [5.74, 6) is 1.21. The third-order valence-electron chi connectivity index (χ3n) is 7.85.